The van der Waals surface area contributed by atoms with Gasteiger partial charge in [0.25, 0.3) is 0 Å². The first kappa shape index (κ1) is 15.2. The molecule has 1 fully saturated rings. The van der Waals surface area contributed by atoms with Gasteiger partial charge in [-0.1, -0.05) is 36.8 Å². The number of rotatable bonds is 3. The molecule has 1 N–H and O–H groups in total. The van der Waals surface area contributed by atoms with Gasteiger partial charge in [-0.25, -0.2) is 9.18 Å². The van der Waals surface area contributed by atoms with Gasteiger partial charge in [-0.05, 0) is 54.5 Å². The summed E-state index contributed by atoms with van der Waals surface area (Å²) in [6.45, 7) is 0.714. The highest BCUT2D eigenvalue weighted by Gasteiger charge is 2.32. The molecule has 1 aliphatic heterocycles. The third kappa shape index (κ3) is 2.77. The van der Waals surface area contributed by atoms with Crippen molar-refractivity contribution in [3.8, 4) is 0 Å². The van der Waals surface area contributed by atoms with Crippen LogP contribution in [0.15, 0.2) is 48.5 Å². The minimum Gasteiger partial charge on any atom is -0.331 e. The number of amides is 2. The third-order valence-electron chi connectivity index (χ3n) is 5.26. The summed E-state index contributed by atoms with van der Waals surface area (Å²) in [7, 11) is 0. The van der Waals surface area contributed by atoms with E-state index in [4.69, 9.17) is 0 Å². The zero-order valence-electron chi connectivity index (χ0n) is 13.5. The molecule has 24 heavy (non-hydrogen) atoms. The molecule has 0 spiro atoms. The number of benzene rings is 2. The van der Waals surface area contributed by atoms with Crippen LogP contribution in [0, 0.1) is 11.7 Å². The number of nitrogens with zero attached hydrogens (tertiary/aromatic N) is 1. The highest BCUT2D eigenvalue weighted by atomic mass is 19.1. The molecule has 1 unspecified atom stereocenters. The predicted molar refractivity (Wildman–Crippen MR) is 92.5 cm³/mol. The summed E-state index contributed by atoms with van der Waals surface area (Å²) in [5.74, 6) is 0.197. The highest BCUT2D eigenvalue weighted by molar-refractivity contribution is 5.94. The maximum absolute atomic E-state index is 13.2. The number of carbonyl (C=O) groups is 1. The topological polar surface area (TPSA) is 32.3 Å². The van der Waals surface area contributed by atoms with E-state index in [0.29, 0.717) is 12.5 Å². The summed E-state index contributed by atoms with van der Waals surface area (Å²) in [4.78, 5) is 14.7. The molecule has 4 heteroatoms. The first-order valence-corrected chi connectivity index (χ1v) is 8.64. The van der Waals surface area contributed by atoms with E-state index in [1.54, 1.807) is 12.1 Å². The van der Waals surface area contributed by atoms with Gasteiger partial charge in [0.1, 0.15) is 5.82 Å². The molecule has 2 amide bonds. The molecule has 0 saturated heterocycles. The number of urea groups is 1. The van der Waals surface area contributed by atoms with E-state index < -0.39 is 0 Å². The largest absolute Gasteiger partial charge is 0.331 e. The number of nitrogens with one attached hydrogen (secondary N) is 1. The molecule has 1 aliphatic carbocycles. The molecule has 1 heterocycles. The number of anilines is 1. The number of hydrogen-bond acceptors (Lipinski definition) is 1. The number of hydrogen-bond donors (Lipinski definition) is 1. The molecule has 0 radical (unpaired) electrons. The Morgan fingerprint density at radius 2 is 1.88 bits per heavy atom. The van der Waals surface area contributed by atoms with Crippen molar-refractivity contribution >= 4 is 11.7 Å². The second-order valence-electron chi connectivity index (χ2n) is 6.70. The van der Waals surface area contributed by atoms with E-state index in [9.17, 15) is 9.18 Å². The maximum atomic E-state index is 13.2. The first-order valence-electron chi connectivity index (χ1n) is 8.64. The van der Waals surface area contributed by atoms with Crippen LogP contribution in [-0.2, 0) is 6.42 Å². The zero-order chi connectivity index (χ0) is 16.5. The average Bonchev–Trinajstić information content (AvgIpc) is 2.97. The zero-order valence-corrected chi connectivity index (χ0v) is 13.5. The Hall–Kier alpha value is -2.36. The molecule has 124 valence electrons. The minimum absolute atomic E-state index is 0.0420. The predicted octanol–water partition coefficient (Wildman–Crippen LogP) is 4.44. The second kappa shape index (κ2) is 6.27. The Morgan fingerprint density at radius 1 is 1.12 bits per heavy atom. The van der Waals surface area contributed by atoms with Crippen molar-refractivity contribution in [2.45, 2.75) is 31.7 Å². The fraction of sp³-hybridized carbons (Fsp3) is 0.350. The number of carbonyl (C=O) groups excluding carboxylic acids is 1. The van der Waals surface area contributed by atoms with Crippen molar-refractivity contribution in [3.05, 3.63) is 65.5 Å². The van der Waals surface area contributed by atoms with Gasteiger partial charge < -0.3 is 5.32 Å². The summed E-state index contributed by atoms with van der Waals surface area (Å²) in [6.07, 6.45) is 4.32. The molecule has 2 aliphatic rings. The van der Waals surface area contributed by atoms with Crippen molar-refractivity contribution in [1.29, 1.82) is 0 Å². The van der Waals surface area contributed by atoms with Crippen molar-refractivity contribution in [3.63, 3.8) is 0 Å². The Balaban J connectivity index is 1.54. The molecule has 2 aromatic carbocycles. The quantitative estimate of drug-likeness (QED) is 0.889. The van der Waals surface area contributed by atoms with Crippen LogP contribution < -0.4 is 10.2 Å². The fourth-order valence-corrected chi connectivity index (χ4v) is 3.68. The van der Waals surface area contributed by atoms with Crippen molar-refractivity contribution in [1.82, 2.24) is 5.32 Å². The summed E-state index contributed by atoms with van der Waals surface area (Å²) in [5, 5.41) is 3.20. The molecule has 4 rings (SSSR count). The lowest BCUT2D eigenvalue weighted by atomic mass is 9.77. The Bertz CT molecular complexity index is 740. The normalized spacial score (nSPS) is 18.0. The highest BCUT2D eigenvalue weighted by Crippen LogP contribution is 2.38. The fourth-order valence-electron chi connectivity index (χ4n) is 3.68. The van der Waals surface area contributed by atoms with E-state index in [1.807, 2.05) is 23.1 Å². The minimum atomic E-state index is -0.245. The number of halogens is 1. The van der Waals surface area contributed by atoms with Gasteiger partial charge >= 0.3 is 6.03 Å². The van der Waals surface area contributed by atoms with Gasteiger partial charge in [0.15, 0.2) is 0 Å². The van der Waals surface area contributed by atoms with E-state index in [-0.39, 0.29) is 17.9 Å². The molecule has 2 aromatic rings. The van der Waals surface area contributed by atoms with Crippen LogP contribution >= 0.6 is 0 Å². The Morgan fingerprint density at radius 3 is 2.58 bits per heavy atom. The van der Waals surface area contributed by atoms with Gasteiger partial charge in [0.2, 0.25) is 0 Å². The summed E-state index contributed by atoms with van der Waals surface area (Å²) < 4.78 is 13.2. The standard InChI is InChI=1S/C20H21FN2O/c21-17-10-8-16(9-11-17)19(15-5-3-6-15)22-20(24)23-13-12-14-4-1-2-7-18(14)23/h1-2,4,7-11,15,19H,3,5-6,12-13H2,(H,22,24). The summed E-state index contributed by atoms with van der Waals surface area (Å²) in [5.41, 5.74) is 3.21. The summed E-state index contributed by atoms with van der Waals surface area (Å²) in [6, 6.07) is 14.5. The van der Waals surface area contributed by atoms with Crippen LogP contribution in [0.1, 0.15) is 36.4 Å². The van der Waals surface area contributed by atoms with E-state index in [1.165, 1.54) is 24.1 Å². The molecular weight excluding hydrogens is 303 g/mol. The van der Waals surface area contributed by atoms with Gasteiger partial charge in [-0.3, -0.25) is 4.90 Å². The van der Waals surface area contributed by atoms with E-state index in [2.05, 4.69) is 11.4 Å². The molecule has 0 aromatic heterocycles. The van der Waals surface area contributed by atoms with E-state index in [0.717, 1.165) is 30.5 Å². The average molecular weight is 324 g/mol. The van der Waals surface area contributed by atoms with Gasteiger partial charge in [-0.2, -0.15) is 0 Å². The maximum Gasteiger partial charge on any atom is 0.322 e. The van der Waals surface area contributed by atoms with Crippen LogP contribution in [0.2, 0.25) is 0 Å². The Labute approximate surface area is 141 Å². The van der Waals surface area contributed by atoms with Crippen molar-refractivity contribution in [2.24, 2.45) is 5.92 Å². The second-order valence-corrected chi connectivity index (χ2v) is 6.70. The molecule has 0 bridgehead atoms. The van der Waals surface area contributed by atoms with E-state index >= 15 is 0 Å². The Kier molecular flexibility index (Phi) is 3.97. The van der Waals surface area contributed by atoms with Crippen molar-refractivity contribution in [2.75, 3.05) is 11.4 Å². The molecule has 3 nitrogen and oxygen atoms in total. The third-order valence-corrected chi connectivity index (χ3v) is 5.26. The lowest BCUT2D eigenvalue weighted by Gasteiger charge is -2.35. The van der Waals surface area contributed by atoms with Gasteiger partial charge in [0.05, 0.1) is 6.04 Å². The van der Waals surface area contributed by atoms with Crippen molar-refractivity contribution < 1.29 is 9.18 Å². The first-order chi connectivity index (χ1) is 11.7. The van der Waals surface area contributed by atoms with Gasteiger partial charge in [-0.15, -0.1) is 0 Å². The summed E-state index contributed by atoms with van der Waals surface area (Å²) >= 11 is 0. The number of fused-ring (bicyclic) bond motifs is 1. The van der Waals surface area contributed by atoms with Crippen LogP contribution in [0.3, 0.4) is 0 Å². The number of para-hydroxylation sites is 1. The lowest BCUT2D eigenvalue weighted by molar-refractivity contribution is 0.212. The smallest absolute Gasteiger partial charge is 0.322 e. The van der Waals surface area contributed by atoms with Gasteiger partial charge in [0, 0.05) is 12.2 Å². The monoisotopic (exact) mass is 324 g/mol. The SMILES string of the molecule is O=C(NC(c1ccc(F)cc1)C1CCC1)N1CCc2ccccc21. The molecule has 1 saturated carbocycles. The lowest BCUT2D eigenvalue weighted by Crippen LogP contribution is -2.44. The van der Waals surface area contributed by atoms with Crippen LogP contribution in [0.5, 0.6) is 0 Å². The van der Waals surface area contributed by atoms with Crippen LogP contribution in [0.4, 0.5) is 14.9 Å². The molecule has 1 atom stereocenters. The van der Waals surface area contributed by atoms with Crippen LogP contribution in [-0.4, -0.2) is 12.6 Å². The molecular formula is C20H21FN2O. The van der Waals surface area contributed by atoms with Crippen LogP contribution in [0.25, 0.3) is 0 Å².